The van der Waals surface area contributed by atoms with Crippen molar-refractivity contribution < 1.29 is 19.4 Å². The largest absolute Gasteiger partial charge is 0.481 e. The molecule has 144 valence electrons. The number of hydrogen-bond acceptors (Lipinski definition) is 4. The van der Waals surface area contributed by atoms with Gasteiger partial charge in [0.05, 0.1) is 23.9 Å². The average Bonchev–Trinajstić information content (AvgIpc) is 2.95. The van der Waals surface area contributed by atoms with Gasteiger partial charge >= 0.3 is 11.9 Å². The average molecular weight is 370 g/mol. The maximum atomic E-state index is 12.5. The molecular weight excluding hydrogens is 344 g/mol. The Labute approximate surface area is 159 Å². The lowest BCUT2D eigenvalue weighted by atomic mass is 10.1. The van der Waals surface area contributed by atoms with E-state index in [0.29, 0.717) is 12.2 Å². The molecule has 6 heteroatoms. The molecule has 0 saturated heterocycles. The maximum Gasteiger partial charge on any atom is 0.335 e. The van der Waals surface area contributed by atoms with Crippen molar-refractivity contribution in [1.82, 2.24) is 9.55 Å². The molecule has 2 aromatic rings. The molecule has 0 aliphatic rings. The van der Waals surface area contributed by atoms with Gasteiger partial charge in [0.15, 0.2) is 0 Å². The molecule has 1 aromatic carbocycles. The van der Waals surface area contributed by atoms with Crippen molar-refractivity contribution in [2.45, 2.75) is 52.7 Å². The molecule has 27 heavy (non-hydrogen) atoms. The second kappa shape index (κ2) is 8.66. The molecule has 0 saturated carbocycles. The summed E-state index contributed by atoms with van der Waals surface area (Å²) in [7, 11) is 0. The minimum atomic E-state index is -1.09. The number of carbonyl (C=O) groups is 2. The van der Waals surface area contributed by atoms with Gasteiger partial charge in [-0.25, -0.2) is 9.78 Å². The van der Waals surface area contributed by atoms with Gasteiger partial charge in [-0.3, -0.25) is 4.79 Å². The van der Waals surface area contributed by atoms with Gasteiger partial charge in [0.2, 0.25) is 0 Å². The molecule has 0 fully saturated rings. The number of hydrogen-bond donors (Lipinski definition) is 1. The second-order valence-corrected chi connectivity index (χ2v) is 7.27. The van der Waals surface area contributed by atoms with E-state index in [4.69, 9.17) is 4.74 Å². The van der Waals surface area contributed by atoms with E-state index in [9.17, 15) is 14.7 Å². The number of carbonyl (C=O) groups excluding carboxylic acids is 1. The molecule has 0 aliphatic heterocycles. The van der Waals surface area contributed by atoms with Gasteiger partial charge in [-0.1, -0.05) is 37.3 Å². The number of aryl methyl sites for hydroxylation is 1. The van der Waals surface area contributed by atoms with Crippen LogP contribution in [-0.2, 0) is 27.3 Å². The minimum Gasteiger partial charge on any atom is -0.481 e. The van der Waals surface area contributed by atoms with Gasteiger partial charge in [-0.15, -0.1) is 0 Å². The van der Waals surface area contributed by atoms with Crippen LogP contribution in [-0.4, -0.2) is 32.2 Å². The first-order valence-corrected chi connectivity index (χ1v) is 8.93. The SMILES string of the molecule is CCc1ncc(/C=C(\CC(=O)O)C(=O)OC(C)(C)C)n1Cc1ccccc1. The molecule has 6 nitrogen and oxygen atoms in total. The summed E-state index contributed by atoms with van der Waals surface area (Å²) < 4.78 is 7.35. The van der Waals surface area contributed by atoms with Gasteiger partial charge in [-0.05, 0) is 32.4 Å². The van der Waals surface area contributed by atoms with Crippen LogP contribution in [0, 0.1) is 0 Å². The Morgan fingerprint density at radius 3 is 2.44 bits per heavy atom. The first-order chi connectivity index (χ1) is 12.7. The summed E-state index contributed by atoms with van der Waals surface area (Å²) in [5.41, 5.74) is 1.16. The number of rotatable bonds is 7. The van der Waals surface area contributed by atoms with Gasteiger partial charge in [0, 0.05) is 13.0 Å². The molecule has 0 spiro atoms. The molecule has 1 aromatic heterocycles. The van der Waals surface area contributed by atoms with Crippen molar-refractivity contribution in [2.24, 2.45) is 0 Å². The van der Waals surface area contributed by atoms with Crippen LogP contribution < -0.4 is 0 Å². The monoisotopic (exact) mass is 370 g/mol. The van der Waals surface area contributed by atoms with Crippen molar-refractivity contribution in [2.75, 3.05) is 0 Å². The van der Waals surface area contributed by atoms with Gasteiger partial charge in [0.25, 0.3) is 0 Å². The van der Waals surface area contributed by atoms with E-state index in [1.165, 1.54) is 0 Å². The molecule has 2 rings (SSSR count). The molecular formula is C21H26N2O4. The number of ether oxygens (including phenoxy) is 1. The van der Waals surface area contributed by atoms with Crippen LogP contribution in [0.25, 0.3) is 6.08 Å². The first kappa shape index (κ1) is 20.4. The first-order valence-electron chi connectivity index (χ1n) is 8.93. The van der Waals surface area contributed by atoms with Crippen LogP contribution in [0.1, 0.15) is 51.2 Å². The van der Waals surface area contributed by atoms with Crippen LogP contribution in [0.5, 0.6) is 0 Å². The predicted molar refractivity (Wildman–Crippen MR) is 103 cm³/mol. The quantitative estimate of drug-likeness (QED) is 0.594. The highest BCUT2D eigenvalue weighted by Gasteiger charge is 2.22. The lowest BCUT2D eigenvalue weighted by molar-refractivity contribution is -0.151. The highest BCUT2D eigenvalue weighted by molar-refractivity contribution is 5.98. The molecule has 0 atom stereocenters. The van der Waals surface area contributed by atoms with Crippen molar-refractivity contribution in [3.05, 3.63) is 59.2 Å². The number of aromatic nitrogens is 2. The molecule has 0 unspecified atom stereocenters. The number of aliphatic carboxylic acids is 1. The second-order valence-electron chi connectivity index (χ2n) is 7.27. The van der Waals surface area contributed by atoms with Crippen LogP contribution in [0.3, 0.4) is 0 Å². The van der Waals surface area contributed by atoms with Crippen LogP contribution in [0.15, 0.2) is 42.1 Å². The van der Waals surface area contributed by atoms with Crippen LogP contribution in [0.2, 0.25) is 0 Å². The Bertz CT molecular complexity index is 830. The van der Waals surface area contributed by atoms with E-state index >= 15 is 0 Å². The van der Waals surface area contributed by atoms with Crippen molar-refractivity contribution in [3.63, 3.8) is 0 Å². The van der Waals surface area contributed by atoms with E-state index in [0.717, 1.165) is 17.8 Å². The summed E-state index contributed by atoms with van der Waals surface area (Å²) in [5.74, 6) is -0.851. The Hall–Kier alpha value is -2.89. The summed E-state index contributed by atoms with van der Waals surface area (Å²) in [6, 6.07) is 9.90. The number of carboxylic acid groups (broad SMARTS) is 1. The highest BCUT2D eigenvalue weighted by Crippen LogP contribution is 2.19. The molecule has 0 bridgehead atoms. The Morgan fingerprint density at radius 2 is 1.89 bits per heavy atom. The normalized spacial score (nSPS) is 12.1. The standard InChI is InChI=1S/C21H26N2O4/c1-5-18-22-13-17(23(18)14-15-9-7-6-8-10-15)11-16(12-19(24)25)20(26)27-21(2,3)4/h6-11,13H,5,12,14H2,1-4H3,(H,24,25)/b16-11+. The van der Waals surface area contributed by atoms with E-state index in [1.807, 2.05) is 41.8 Å². The Kier molecular flexibility index (Phi) is 6.55. The minimum absolute atomic E-state index is 0.0919. The molecule has 0 aliphatic carbocycles. The third-order valence-electron chi connectivity index (χ3n) is 3.79. The smallest absolute Gasteiger partial charge is 0.335 e. The van der Waals surface area contributed by atoms with Crippen molar-refractivity contribution in [1.29, 1.82) is 0 Å². The molecule has 0 amide bonds. The van der Waals surface area contributed by atoms with Gasteiger partial charge < -0.3 is 14.4 Å². The lowest BCUT2D eigenvalue weighted by Gasteiger charge is -2.20. The predicted octanol–water partition coefficient (Wildman–Crippen LogP) is 3.69. The number of carboxylic acids is 1. The fourth-order valence-corrected chi connectivity index (χ4v) is 2.64. The zero-order chi connectivity index (χ0) is 20.0. The third kappa shape index (κ3) is 6.09. The summed E-state index contributed by atoms with van der Waals surface area (Å²) in [4.78, 5) is 28.1. The molecule has 0 radical (unpaired) electrons. The van der Waals surface area contributed by atoms with E-state index in [-0.39, 0.29) is 5.57 Å². The van der Waals surface area contributed by atoms with Crippen molar-refractivity contribution >= 4 is 18.0 Å². The van der Waals surface area contributed by atoms with E-state index in [2.05, 4.69) is 4.98 Å². The van der Waals surface area contributed by atoms with E-state index in [1.54, 1.807) is 33.0 Å². The summed E-state index contributed by atoms with van der Waals surface area (Å²) >= 11 is 0. The third-order valence-corrected chi connectivity index (χ3v) is 3.79. The van der Waals surface area contributed by atoms with Gasteiger partial charge in [0.1, 0.15) is 11.4 Å². The van der Waals surface area contributed by atoms with E-state index < -0.39 is 24.0 Å². The maximum absolute atomic E-state index is 12.5. The zero-order valence-corrected chi connectivity index (χ0v) is 16.2. The fourth-order valence-electron chi connectivity index (χ4n) is 2.64. The molecule has 1 N–H and O–H groups in total. The summed E-state index contributed by atoms with van der Waals surface area (Å²) in [6.45, 7) is 7.84. The number of benzene rings is 1. The zero-order valence-electron chi connectivity index (χ0n) is 16.2. The Balaban J connectivity index is 2.41. The lowest BCUT2D eigenvalue weighted by Crippen LogP contribution is -2.25. The topological polar surface area (TPSA) is 81.4 Å². The number of nitrogens with zero attached hydrogens (tertiary/aromatic N) is 2. The number of imidazole rings is 1. The summed E-state index contributed by atoms with van der Waals surface area (Å²) in [6.07, 6.45) is 3.54. The van der Waals surface area contributed by atoms with Crippen LogP contribution in [0.4, 0.5) is 0 Å². The summed E-state index contributed by atoms with van der Waals surface area (Å²) in [5, 5.41) is 9.19. The number of esters is 1. The van der Waals surface area contributed by atoms with Crippen LogP contribution >= 0.6 is 0 Å². The van der Waals surface area contributed by atoms with Gasteiger partial charge in [-0.2, -0.15) is 0 Å². The Morgan fingerprint density at radius 1 is 1.22 bits per heavy atom. The molecule has 1 heterocycles. The van der Waals surface area contributed by atoms with Crippen molar-refractivity contribution in [3.8, 4) is 0 Å². The highest BCUT2D eigenvalue weighted by atomic mass is 16.6. The fraction of sp³-hybridized carbons (Fsp3) is 0.381.